The molecule has 0 aliphatic carbocycles. The number of carbonyl (C=O) groups excluding carboxylic acids is 2. The van der Waals surface area contributed by atoms with Crippen molar-refractivity contribution in [1.82, 2.24) is 24.9 Å². The van der Waals surface area contributed by atoms with E-state index in [1.165, 1.54) is 0 Å². The third-order valence-corrected chi connectivity index (χ3v) is 5.47. The summed E-state index contributed by atoms with van der Waals surface area (Å²) in [6, 6.07) is 2.11. The van der Waals surface area contributed by atoms with Gasteiger partial charge in [-0.05, 0) is 25.8 Å². The maximum absolute atomic E-state index is 12.4. The van der Waals surface area contributed by atoms with Gasteiger partial charge in [-0.2, -0.15) is 5.10 Å². The first-order valence-corrected chi connectivity index (χ1v) is 9.29. The van der Waals surface area contributed by atoms with Crippen molar-refractivity contribution < 1.29 is 9.59 Å². The summed E-state index contributed by atoms with van der Waals surface area (Å²) in [5.41, 5.74) is 1.06. The van der Waals surface area contributed by atoms with Crippen molar-refractivity contribution in [2.45, 2.75) is 45.2 Å². The molecule has 2 fully saturated rings. The summed E-state index contributed by atoms with van der Waals surface area (Å²) >= 11 is 0. The van der Waals surface area contributed by atoms with Crippen LogP contribution in [-0.2, 0) is 23.1 Å². The van der Waals surface area contributed by atoms with Crippen LogP contribution in [0.5, 0.6) is 0 Å². The summed E-state index contributed by atoms with van der Waals surface area (Å²) < 4.78 is 1.81. The van der Waals surface area contributed by atoms with Gasteiger partial charge in [0.2, 0.25) is 11.8 Å². The standard InChI is InChI=1S/C18H29N5O2/c1-4-22-9-5-6-16(18(22)25)23-11-14(12-23)20-17(24)13(2)10-15-7-8-19-21(15)3/h7-8,13-14,16H,4-6,9-12H2,1-3H3,(H,20,24). The SMILES string of the molecule is CCN1CCCC(N2CC(NC(=O)C(C)Cc3ccnn3C)C2)C1=O. The van der Waals surface area contributed by atoms with Crippen LogP contribution < -0.4 is 5.32 Å². The third kappa shape index (κ3) is 3.86. The maximum Gasteiger partial charge on any atom is 0.239 e. The second kappa shape index (κ2) is 7.56. The van der Waals surface area contributed by atoms with Crippen LogP contribution in [0.2, 0.25) is 0 Å². The molecule has 3 heterocycles. The molecule has 25 heavy (non-hydrogen) atoms. The van der Waals surface area contributed by atoms with Crippen LogP contribution in [0.1, 0.15) is 32.4 Å². The molecule has 0 aromatic carbocycles. The fourth-order valence-corrected chi connectivity index (χ4v) is 3.78. The van der Waals surface area contributed by atoms with Crippen LogP contribution in [0, 0.1) is 5.92 Å². The van der Waals surface area contributed by atoms with Gasteiger partial charge >= 0.3 is 0 Å². The van der Waals surface area contributed by atoms with Crippen LogP contribution >= 0.6 is 0 Å². The summed E-state index contributed by atoms with van der Waals surface area (Å²) in [5, 5.41) is 7.26. The van der Waals surface area contributed by atoms with Gasteiger partial charge in [0, 0.05) is 57.5 Å². The van der Waals surface area contributed by atoms with Gasteiger partial charge in [0.15, 0.2) is 0 Å². The van der Waals surface area contributed by atoms with E-state index in [9.17, 15) is 9.59 Å². The monoisotopic (exact) mass is 347 g/mol. The molecule has 7 heteroatoms. The predicted molar refractivity (Wildman–Crippen MR) is 94.9 cm³/mol. The summed E-state index contributed by atoms with van der Waals surface area (Å²) in [5.74, 6) is 0.246. The summed E-state index contributed by atoms with van der Waals surface area (Å²) in [6.07, 6.45) is 4.45. The minimum atomic E-state index is -0.0867. The van der Waals surface area contributed by atoms with Gasteiger partial charge < -0.3 is 10.2 Å². The van der Waals surface area contributed by atoms with Crippen molar-refractivity contribution in [3.63, 3.8) is 0 Å². The average molecular weight is 347 g/mol. The minimum Gasteiger partial charge on any atom is -0.351 e. The maximum atomic E-state index is 12.4. The van der Waals surface area contributed by atoms with E-state index in [4.69, 9.17) is 0 Å². The second-order valence-electron chi connectivity index (χ2n) is 7.29. The zero-order chi connectivity index (χ0) is 18.0. The molecule has 2 aliphatic heterocycles. The zero-order valence-corrected chi connectivity index (χ0v) is 15.4. The molecule has 0 bridgehead atoms. The Kier molecular flexibility index (Phi) is 5.42. The number of likely N-dealkylation sites (N-methyl/N-ethyl adjacent to an activating group) is 1. The molecule has 0 saturated carbocycles. The lowest BCUT2D eigenvalue weighted by atomic mass is 9.96. The Morgan fingerprint density at radius 1 is 1.44 bits per heavy atom. The first kappa shape index (κ1) is 17.9. The highest BCUT2D eigenvalue weighted by Crippen LogP contribution is 2.22. The molecule has 2 aliphatic rings. The van der Waals surface area contributed by atoms with Crippen LogP contribution in [0.3, 0.4) is 0 Å². The van der Waals surface area contributed by atoms with Crippen LogP contribution in [0.4, 0.5) is 0 Å². The number of piperidine rings is 1. The molecule has 0 radical (unpaired) electrons. The van der Waals surface area contributed by atoms with Crippen molar-refractivity contribution in [2.75, 3.05) is 26.2 Å². The fraction of sp³-hybridized carbons (Fsp3) is 0.722. The lowest BCUT2D eigenvalue weighted by molar-refractivity contribution is -0.142. The number of aromatic nitrogens is 2. The molecule has 2 unspecified atom stereocenters. The first-order chi connectivity index (χ1) is 12.0. The molecule has 7 nitrogen and oxygen atoms in total. The van der Waals surface area contributed by atoms with Crippen molar-refractivity contribution in [2.24, 2.45) is 13.0 Å². The lowest BCUT2D eigenvalue weighted by Gasteiger charge is -2.46. The van der Waals surface area contributed by atoms with Crippen molar-refractivity contribution >= 4 is 11.8 Å². The molecule has 0 spiro atoms. The van der Waals surface area contributed by atoms with Crippen LogP contribution in [0.25, 0.3) is 0 Å². The van der Waals surface area contributed by atoms with E-state index >= 15 is 0 Å². The summed E-state index contributed by atoms with van der Waals surface area (Å²) in [4.78, 5) is 29.0. The molecular weight excluding hydrogens is 318 g/mol. The highest BCUT2D eigenvalue weighted by molar-refractivity contribution is 5.83. The molecule has 1 N–H and O–H groups in total. The first-order valence-electron chi connectivity index (χ1n) is 9.29. The van der Waals surface area contributed by atoms with Crippen LogP contribution in [-0.4, -0.2) is 69.7 Å². The average Bonchev–Trinajstić information content (AvgIpc) is 2.96. The van der Waals surface area contributed by atoms with E-state index < -0.39 is 0 Å². The zero-order valence-electron chi connectivity index (χ0n) is 15.4. The molecule has 1 aromatic rings. The van der Waals surface area contributed by atoms with Crippen molar-refractivity contribution in [1.29, 1.82) is 0 Å². The van der Waals surface area contributed by atoms with E-state index in [1.54, 1.807) is 6.20 Å². The highest BCUT2D eigenvalue weighted by atomic mass is 16.2. The summed E-state index contributed by atoms with van der Waals surface area (Å²) in [7, 11) is 1.89. The Hall–Kier alpha value is -1.89. The number of likely N-dealkylation sites (tertiary alicyclic amines) is 2. The van der Waals surface area contributed by atoms with E-state index in [2.05, 4.69) is 15.3 Å². The molecule has 2 saturated heterocycles. The van der Waals surface area contributed by atoms with E-state index in [0.717, 1.165) is 44.7 Å². The second-order valence-corrected chi connectivity index (χ2v) is 7.29. The number of aryl methyl sites for hydroxylation is 1. The minimum absolute atomic E-state index is 0.00807. The van der Waals surface area contributed by atoms with Crippen LogP contribution in [0.15, 0.2) is 12.3 Å². The number of rotatable bonds is 6. The molecule has 2 atom stereocenters. The number of nitrogens with one attached hydrogen (secondary N) is 1. The molecule has 3 rings (SSSR count). The van der Waals surface area contributed by atoms with Gasteiger partial charge in [-0.15, -0.1) is 0 Å². The normalized spacial score (nSPS) is 23.4. The molecular formula is C18H29N5O2. The number of hydrogen-bond acceptors (Lipinski definition) is 4. The predicted octanol–water partition coefficient (Wildman–Crippen LogP) is 0.410. The fourth-order valence-electron chi connectivity index (χ4n) is 3.78. The highest BCUT2D eigenvalue weighted by Gasteiger charge is 2.39. The largest absolute Gasteiger partial charge is 0.351 e. The topological polar surface area (TPSA) is 70.5 Å². The Bertz CT molecular complexity index is 623. The Morgan fingerprint density at radius 3 is 2.84 bits per heavy atom. The Morgan fingerprint density at radius 2 is 2.20 bits per heavy atom. The Labute approximate surface area is 149 Å². The van der Waals surface area contributed by atoms with Gasteiger partial charge in [-0.25, -0.2) is 0 Å². The van der Waals surface area contributed by atoms with Crippen molar-refractivity contribution in [3.05, 3.63) is 18.0 Å². The quantitative estimate of drug-likeness (QED) is 0.809. The van der Waals surface area contributed by atoms with Gasteiger partial charge in [0.25, 0.3) is 0 Å². The van der Waals surface area contributed by atoms with Crippen molar-refractivity contribution in [3.8, 4) is 0 Å². The summed E-state index contributed by atoms with van der Waals surface area (Å²) in [6.45, 7) is 7.20. The van der Waals surface area contributed by atoms with E-state index in [-0.39, 0.29) is 29.8 Å². The van der Waals surface area contributed by atoms with E-state index in [1.807, 2.05) is 36.5 Å². The molecule has 138 valence electrons. The lowest BCUT2D eigenvalue weighted by Crippen LogP contribution is -2.66. The molecule has 1 aromatic heterocycles. The Balaban J connectivity index is 1.44. The number of nitrogens with zero attached hydrogens (tertiary/aromatic N) is 4. The number of hydrogen-bond donors (Lipinski definition) is 1. The number of amides is 2. The molecule has 2 amide bonds. The van der Waals surface area contributed by atoms with Gasteiger partial charge in [-0.1, -0.05) is 6.92 Å². The smallest absolute Gasteiger partial charge is 0.239 e. The van der Waals surface area contributed by atoms with Gasteiger partial charge in [-0.3, -0.25) is 19.2 Å². The number of carbonyl (C=O) groups is 2. The van der Waals surface area contributed by atoms with Gasteiger partial charge in [0.05, 0.1) is 12.1 Å². The van der Waals surface area contributed by atoms with Gasteiger partial charge in [0.1, 0.15) is 0 Å². The third-order valence-electron chi connectivity index (χ3n) is 5.47. The van der Waals surface area contributed by atoms with E-state index in [0.29, 0.717) is 6.42 Å².